The first-order chi connectivity index (χ1) is 19.6. The van der Waals surface area contributed by atoms with Crippen LogP contribution in [0.3, 0.4) is 0 Å². The van der Waals surface area contributed by atoms with Gasteiger partial charge in [0.1, 0.15) is 29.1 Å². The van der Waals surface area contributed by atoms with Crippen molar-refractivity contribution in [3.8, 4) is 0 Å². The van der Waals surface area contributed by atoms with Crippen LogP contribution in [0.2, 0.25) is 0 Å². The van der Waals surface area contributed by atoms with E-state index in [2.05, 4.69) is 30.4 Å². The molecule has 41 heavy (non-hydrogen) atoms. The minimum Gasteiger partial charge on any atom is -0.383 e. The topological polar surface area (TPSA) is 154 Å². The third-order valence-corrected chi connectivity index (χ3v) is 6.94. The Morgan fingerprint density at radius 3 is 2.63 bits per heavy atom. The first-order valence-electron chi connectivity index (χ1n) is 13.4. The Bertz CT molecular complexity index is 1560. The summed E-state index contributed by atoms with van der Waals surface area (Å²) < 4.78 is 22.0. The Morgan fingerprint density at radius 1 is 1.17 bits per heavy atom. The van der Waals surface area contributed by atoms with Gasteiger partial charge in [0.05, 0.1) is 36.1 Å². The second-order valence-corrected chi connectivity index (χ2v) is 10.5. The van der Waals surface area contributed by atoms with Crippen LogP contribution < -0.4 is 11.1 Å². The van der Waals surface area contributed by atoms with Gasteiger partial charge in [-0.2, -0.15) is 5.10 Å². The van der Waals surface area contributed by atoms with Gasteiger partial charge in [-0.25, -0.2) is 24.0 Å². The number of halogens is 1. The third kappa shape index (κ3) is 6.30. The van der Waals surface area contributed by atoms with Crippen LogP contribution in [0.25, 0.3) is 10.9 Å². The maximum Gasteiger partial charge on any atom is 0.314 e. The van der Waals surface area contributed by atoms with E-state index < -0.39 is 17.5 Å². The Morgan fingerprint density at radius 2 is 1.95 bits per heavy atom. The standard InChI is InChI=1S/C28H32FN9O3/c1-17-11-18(28(2,3)29)12-33-21(17)15-37(16-22-31-8-6-9-32-22)27(40)26(39)35-20-13-34-25(30)19-14-38(36-24(19)20)23-7-4-5-10-41-23/h6,8-9,11-14,23H,4-5,7,10,15-16H2,1-3H3,(H2,30,34)(H,35,39). The van der Waals surface area contributed by atoms with E-state index in [1.54, 1.807) is 42.3 Å². The molecule has 1 aliphatic heterocycles. The van der Waals surface area contributed by atoms with E-state index in [1.807, 2.05) is 0 Å². The molecule has 0 bridgehead atoms. The van der Waals surface area contributed by atoms with E-state index in [0.29, 0.717) is 40.2 Å². The number of nitrogen functional groups attached to an aromatic ring is 1. The van der Waals surface area contributed by atoms with Crippen molar-refractivity contribution in [2.24, 2.45) is 0 Å². The molecule has 12 nitrogen and oxygen atoms in total. The second-order valence-electron chi connectivity index (χ2n) is 10.5. The van der Waals surface area contributed by atoms with Gasteiger partial charge in [-0.3, -0.25) is 14.6 Å². The number of amides is 2. The lowest BCUT2D eigenvalue weighted by molar-refractivity contribution is -0.144. The van der Waals surface area contributed by atoms with Gasteiger partial charge in [-0.1, -0.05) is 0 Å². The highest BCUT2D eigenvalue weighted by Gasteiger charge is 2.27. The van der Waals surface area contributed by atoms with E-state index in [0.717, 1.165) is 19.3 Å². The number of carbonyl (C=O) groups excluding carboxylic acids is 2. The average molecular weight is 562 g/mol. The van der Waals surface area contributed by atoms with Crippen molar-refractivity contribution in [3.63, 3.8) is 0 Å². The molecular weight excluding hydrogens is 529 g/mol. The fourth-order valence-electron chi connectivity index (χ4n) is 4.59. The molecule has 4 aromatic rings. The molecule has 1 saturated heterocycles. The second kappa shape index (κ2) is 11.5. The number of pyridine rings is 2. The number of carbonyl (C=O) groups is 2. The van der Waals surface area contributed by atoms with E-state index in [-0.39, 0.29) is 30.8 Å². The van der Waals surface area contributed by atoms with Crippen LogP contribution in [-0.4, -0.2) is 53.0 Å². The summed E-state index contributed by atoms with van der Waals surface area (Å²) in [6.45, 7) is 5.24. The number of fused-ring (bicyclic) bond motifs is 1. The molecule has 1 unspecified atom stereocenters. The maximum absolute atomic E-state index is 14.5. The molecule has 5 rings (SSSR count). The van der Waals surface area contributed by atoms with Crippen molar-refractivity contribution in [1.82, 2.24) is 34.6 Å². The predicted molar refractivity (Wildman–Crippen MR) is 149 cm³/mol. The molecule has 214 valence electrons. The highest BCUT2D eigenvalue weighted by Crippen LogP contribution is 2.30. The number of anilines is 2. The van der Waals surface area contributed by atoms with Gasteiger partial charge in [0.2, 0.25) is 0 Å². The Balaban J connectivity index is 1.41. The van der Waals surface area contributed by atoms with Gasteiger partial charge in [0.15, 0.2) is 0 Å². The molecule has 0 aliphatic carbocycles. The zero-order valence-corrected chi connectivity index (χ0v) is 23.2. The Labute approximate surface area is 236 Å². The number of aromatic nitrogens is 6. The van der Waals surface area contributed by atoms with Crippen LogP contribution in [0, 0.1) is 6.92 Å². The summed E-state index contributed by atoms with van der Waals surface area (Å²) in [5.41, 5.74) is 6.76. The van der Waals surface area contributed by atoms with Gasteiger partial charge in [0, 0.05) is 37.0 Å². The van der Waals surface area contributed by atoms with Crippen molar-refractivity contribution >= 4 is 34.2 Å². The summed E-state index contributed by atoms with van der Waals surface area (Å²) in [5, 5.41) is 7.79. The quantitative estimate of drug-likeness (QED) is 0.322. The zero-order valence-electron chi connectivity index (χ0n) is 23.2. The van der Waals surface area contributed by atoms with E-state index in [1.165, 1.54) is 31.1 Å². The summed E-state index contributed by atoms with van der Waals surface area (Å²) in [4.78, 5) is 45.1. The summed E-state index contributed by atoms with van der Waals surface area (Å²) in [5.74, 6) is -1.16. The molecular formula is C28H32FN9O3. The number of aryl methyl sites for hydroxylation is 1. The van der Waals surface area contributed by atoms with Gasteiger partial charge in [-0.05, 0) is 57.7 Å². The van der Waals surface area contributed by atoms with Crippen molar-refractivity contribution in [2.45, 2.75) is 65.0 Å². The molecule has 1 aliphatic rings. The smallest absolute Gasteiger partial charge is 0.314 e. The largest absolute Gasteiger partial charge is 0.383 e. The normalized spacial score (nSPS) is 15.6. The van der Waals surface area contributed by atoms with Gasteiger partial charge in [0.25, 0.3) is 0 Å². The van der Waals surface area contributed by atoms with Crippen LogP contribution in [-0.2, 0) is 33.1 Å². The zero-order chi connectivity index (χ0) is 29.1. The SMILES string of the molecule is Cc1cc(C(C)(C)F)cnc1CN(Cc1ncccn1)C(=O)C(=O)Nc1cnc(N)c2cn(C3CCCCO3)nc12. The summed E-state index contributed by atoms with van der Waals surface area (Å²) in [6, 6.07) is 3.34. The fraction of sp³-hybridized carbons (Fsp3) is 0.393. The minimum atomic E-state index is -1.57. The lowest BCUT2D eigenvalue weighted by Gasteiger charge is -2.23. The van der Waals surface area contributed by atoms with Crippen molar-refractivity contribution < 1.29 is 18.7 Å². The van der Waals surface area contributed by atoms with E-state index in [4.69, 9.17) is 10.5 Å². The number of ether oxygens (including phenoxy) is 1. The summed E-state index contributed by atoms with van der Waals surface area (Å²) >= 11 is 0. The van der Waals surface area contributed by atoms with Crippen LogP contribution in [0.1, 0.15) is 62.0 Å². The van der Waals surface area contributed by atoms with E-state index in [9.17, 15) is 14.0 Å². The molecule has 13 heteroatoms. The fourth-order valence-corrected chi connectivity index (χ4v) is 4.59. The Hall–Kier alpha value is -4.52. The van der Waals surface area contributed by atoms with Crippen molar-refractivity contribution in [1.29, 1.82) is 0 Å². The molecule has 0 saturated carbocycles. The summed E-state index contributed by atoms with van der Waals surface area (Å²) in [7, 11) is 0. The molecule has 1 atom stereocenters. The van der Waals surface area contributed by atoms with E-state index >= 15 is 0 Å². The lowest BCUT2D eigenvalue weighted by atomic mass is 10.00. The number of nitrogens with zero attached hydrogens (tertiary/aromatic N) is 7. The lowest BCUT2D eigenvalue weighted by Crippen LogP contribution is -2.39. The number of nitrogens with one attached hydrogen (secondary N) is 1. The van der Waals surface area contributed by atoms with Crippen LogP contribution >= 0.6 is 0 Å². The number of alkyl halides is 1. The first kappa shape index (κ1) is 28.0. The van der Waals surface area contributed by atoms with Crippen molar-refractivity contribution in [3.05, 3.63) is 65.8 Å². The molecule has 0 aromatic carbocycles. The van der Waals surface area contributed by atoms with Gasteiger partial charge >= 0.3 is 11.8 Å². The molecule has 0 radical (unpaired) electrons. The molecule has 5 heterocycles. The minimum absolute atomic E-state index is 0.0214. The molecule has 3 N–H and O–H groups in total. The predicted octanol–water partition coefficient (Wildman–Crippen LogP) is 3.58. The van der Waals surface area contributed by atoms with Crippen LogP contribution in [0.5, 0.6) is 0 Å². The molecule has 1 fully saturated rings. The highest BCUT2D eigenvalue weighted by atomic mass is 19.1. The number of rotatable bonds is 7. The first-order valence-corrected chi connectivity index (χ1v) is 13.4. The Kier molecular flexibility index (Phi) is 7.88. The molecule has 0 spiro atoms. The highest BCUT2D eigenvalue weighted by molar-refractivity contribution is 6.40. The maximum atomic E-state index is 14.5. The number of hydrogen-bond donors (Lipinski definition) is 2. The van der Waals surface area contributed by atoms with Gasteiger partial charge < -0.3 is 20.7 Å². The van der Waals surface area contributed by atoms with Crippen LogP contribution in [0.4, 0.5) is 15.9 Å². The number of hydrogen-bond acceptors (Lipinski definition) is 9. The average Bonchev–Trinajstić information content (AvgIpc) is 3.42. The number of nitrogens with two attached hydrogens (primary N) is 1. The monoisotopic (exact) mass is 561 g/mol. The molecule has 4 aromatic heterocycles. The molecule has 2 amide bonds. The van der Waals surface area contributed by atoms with Gasteiger partial charge in [-0.15, -0.1) is 0 Å². The van der Waals surface area contributed by atoms with Crippen molar-refractivity contribution in [2.75, 3.05) is 17.7 Å². The summed E-state index contributed by atoms with van der Waals surface area (Å²) in [6.07, 6.45) is 10.2. The van der Waals surface area contributed by atoms with Crippen LogP contribution in [0.15, 0.2) is 43.1 Å². The third-order valence-electron chi connectivity index (χ3n) is 6.94.